The summed E-state index contributed by atoms with van der Waals surface area (Å²) in [5, 5.41) is 1.23. The Morgan fingerprint density at radius 1 is 1.45 bits per heavy atom. The molecule has 0 bridgehead atoms. The molecule has 22 heavy (non-hydrogen) atoms. The average molecular weight is 366 g/mol. The smallest absolute Gasteiger partial charge is 0.225 e. The van der Waals surface area contributed by atoms with E-state index >= 15 is 0 Å². The first-order valence-electron chi connectivity index (χ1n) is 7.27. The maximum atomic E-state index is 12.5. The molecule has 0 spiro atoms. The Morgan fingerprint density at radius 2 is 2.14 bits per heavy atom. The van der Waals surface area contributed by atoms with Gasteiger partial charge in [0.2, 0.25) is 5.91 Å². The predicted molar refractivity (Wildman–Crippen MR) is 94.9 cm³/mol. The van der Waals surface area contributed by atoms with Gasteiger partial charge in [0.1, 0.15) is 0 Å². The van der Waals surface area contributed by atoms with E-state index < -0.39 is 0 Å². The van der Waals surface area contributed by atoms with Crippen molar-refractivity contribution in [1.82, 2.24) is 4.90 Å². The second-order valence-corrected chi connectivity index (χ2v) is 7.21. The number of halogens is 3. The minimum absolute atomic E-state index is 0. The van der Waals surface area contributed by atoms with Crippen LogP contribution in [0, 0.1) is 11.3 Å². The van der Waals surface area contributed by atoms with Gasteiger partial charge in [-0.1, -0.05) is 43.1 Å². The van der Waals surface area contributed by atoms with E-state index in [1.807, 2.05) is 17.9 Å². The van der Waals surface area contributed by atoms with Crippen molar-refractivity contribution in [3.05, 3.63) is 33.8 Å². The average Bonchev–Trinajstić information content (AvgIpc) is 2.84. The van der Waals surface area contributed by atoms with Crippen LogP contribution in [-0.4, -0.2) is 30.4 Å². The molecule has 1 heterocycles. The van der Waals surface area contributed by atoms with Gasteiger partial charge in [-0.05, 0) is 42.5 Å². The van der Waals surface area contributed by atoms with E-state index in [4.69, 9.17) is 28.9 Å². The number of nitrogens with zero attached hydrogens (tertiary/aromatic N) is 1. The summed E-state index contributed by atoms with van der Waals surface area (Å²) in [5.74, 6) is 0.0852. The molecule has 1 fully saturated rings. The van der Waals surface area contributed by atoms with E-state index in [0.29, 0.717) is 23.0 Å². The van der Waals surface area contributed by atoms with Crippen LogP contribution in [-0.2, 0) is 11.2 Å². The molecule has 2 atom stereocenters. The lowest BCUT2D eigenvalue weighted by Crippen LogP contribution is -2.37. The van der Waals surface area contributed by atoms with Gasteiger partial charge >= 0.3 is 0 Å². The Kier molecular flexibility index (Phi) is 7.00. The van der Waals surface area contributed by atoms with Gasteiger partial charge in [-0.2, -0.15) is 0 Å². The molecular formula is C16H23Cl3N2O. The molecule has 2 rings (SSSR count). The minimum atomic E-state index is -0.0937. The largest absolute Gasteiger partial charge is 0.342 e. The second kappa shape index (κ2) is 7.87. The molecular weight excluding hydrogens is 343 g/mol. The van der Waals surface area contributed by atoms with Crippen molar-refractivity contribution in [2.45, 2.75) is 26.7 Å². The Morgan fingerprint density at radius 3 is 2.68 bits per heavy atom. The molecule has 1 aromatic rings. The topological polar surface area (TPSA) is 46.3 Å². The van der Waals surface area contributed by atoms with Gasteiger partial charge in [-0.3, -0.25) is 4.79 Å². The third-order valence-electron chi connectivity index (χ3n) is 4.33. The van der Waals surface area contributed by atoms with E-state index in [2.05, 4.69) is 6.92 Å². The third kappa shape index (κ3) is 4.51. The molecule has 0 radical (unpaired) electrons. The van der Waals surface area contributed by atoms with Gasteiger partial charge in [0, 0.05) is 29.1 Å². The van der Waals surface area contributed by atoms with Crippen LogP contribution in [0.15, 0.2) is 18.2 Å². The van der Waals surface area contributed by atoms with E-state index in [1.165, 1.54) is 0 Å². The first-order valence-corrected chi connectivity index (χ1v) is 8.03. The highest BCUT2D eigenvalue weighted by Crippen LogP contribution is 2.30. The zero-order valence-electron chi connectivity index (χ0n) is 12.9. The van der Waals surface area contributed by atoms with Crippen molar-refractivity contribution in [2.75, 3.05) is 19.6 Å². The lowest BCUT2D eigenvalue weighted by molar-refractivity contribution is -0.134. The molecule has 124 valence electrons. The van der Waals surface area contributed by atoms with Crippen LogP contribution in [0.2, 0.25) is 10.0 Å². The van der Waals surface area contributed by atoms with Crippen LogP contribution in [0.4, 0.5) is 0 Å². The van der Waals surface area contributed by atoms with E-state index in [0.717, 1.165) is 25.1 Å². The van der Waals surface area contributed by atoms with Crippen LogP contribution < -0.4 is 5.73 Å². The number of amides is 1. The summed E-state index contributed by atoms with van der Waals surface area (Å²) >= 11 is 12.1. The Bertz CT molecular complexity index is 538. The second-order valence-electron chi connectivity index (χ2n) is 6.37. The molecule has 1 aliphatic heterocycles. The molecule has 2 unspecified atom stereocenters. The summed E-state index contributed by atoms with van der Waals surface area (Å²) < 4.78 is 0. The lowest BCUT2D eigenvalue weighted by Gasteiger charge is -2.25. The number of hydrogen-bond donors (Lipinski definition) is 1. The zero-order valence-corrected chi connectivity index (χ0v) is 15.3. The van der Waals surface area contributed by atoms with Gasteiger partial charge in [-0.15, -0.1) is 12.4 Å². The third-order valence-corrected chi connectivity index (χ3v) is 4.91. The highest BCUT2D eigenvalue weighted by Gasteiger charge is 2.36. The van der Waals surface area contributed by atoms with Crippen LogP contribution in [0.5, 0.6) is 0 Å². The Balaban J connectivity index is 0.00000242. The highest BCUT2D eigenvalue weighted by molar-refractivity contribution is 6.35. The first kappa shape index (κ1) is 19.6. The SMILES string of the molecule is CC(Cc1ccc(Cl)cc1Cl)C(=O)N1CCC(C)(CN)C1.Cl. The Hall–Kier alpha value is -0.480. The van der Waals surface area contributed by atoms with E-state index in [9.17, 15) is 4.79 Å². The van der Waals surface area contributed by atoms with E-state index in [1.54, 1.807) is 12.1 Å². The number of nitrogens with two attached hydrogens (primary N) is 1. The summed E-state index contributed by atoms with van der Waals surface area (Å²) in [5.41, 5.74) is 6.82. The highest BCUT2D eigenvalue weighted by atomic mass is 35.5. The maximum absolute atomic E-state index is 12.5. The molecule has 1 aliphatic rings. The summed E-state index contributed by atoms with van der Waals surface area (Å²) in [7, 11) is 0. The van der Waals surface area contributed by atoms with Gasteiger partial charge < -0.3 is 10.6 Å². The predicted octanol–water partition coefficient (Wildman–Crippen LogP) is 3.79. The van der Waals surface area contributed by atoms with Gasteiger partial charge in [0.15, 0.2) is 0 Å². The molecule has 6 heteroatoms. The van der Waals surface area contributed by atoms with Crippen molar-refractivity contribution in [1.29, 1.82) is 0 Å². The molecule has 3 nitrogen and oxygen atoms in total. The molecule has 1 amide bonds. The van der Waals surface area contributed by atoms with Crippen molar-refractivity contribution >= 4 is 41.5 Å². The fourth-order valence-electron chi connectivity index (χ4n) is 2.79. The van der Waals surface area contributed by atoms with Gasteiger partial charge in [-0.25, -0.2) is 0 Å². The fourth-order valence-corrected chi connectivity index (χ4v) is 3.28. The number of carbonyl (C=O) groups is 1. The normalized spacial score (nSPS) is 22.3. The van der Waals surface area contributed by atoms with Gasteiger partial charge in [0.25, 0.3) is 0 Å². The van der Waals surface area contributed by atoms with Gasteiger partial charge in [0.05, 0.1) is 0 Å². The van der Waals surface area contributed by atoms with Crippen LogP contribution in [0.3, 0.4) is 0 Å². The van der Waals surface area contributed by atoms with Crippen LogP contribution >= 0.6 is 35.6 Å². The molecule has 1 saturated heterocycles. The minimum Gasteiger partial charge on any atom is -0.342 e. The molecule has 2 N–H and O–H groups in total. The summed E-state index contributed by atoms with van der Waals surface area (Å²) in [6, 6.07) is 5.42. The number of likely N-dealkylation sites (tertiary alicyclic amines) is 1. The monoisotopic (exact) mass is 364 g/mol. The fraction of sp³-hybridized carbons (Fsp3) is 0.562. The summed E-state index contributed by atoms with van der Waals surface area (Å²) in [4.78, 5) is 14.5. The van der Waals surface area contributed by atoms with Crippen molar-refractivity contribution in [2.24, 2.45) is 17.1 Å². The van der Waals surface area contributed by atoms with E-state index in [-0.39, 0.29) is 29.6 Å². The molecule has 0 aliphatic carbocycles. The van der Waals surface area contributed by atoms with Crippen molar-refractivity contribution < 1.29 is 4.79 Å². The van der Waals surface area contributed by atoms with Crippen LogP contribution in [0.1, 0.15) is 25.8 Å². The molecule has 1 aromatic carbocycles. The van der Waals surface area contributed by atoms with Crippen molar-refractivity contribution in [3.63, 3.8) is 0 Å². The summed E-state index contributed by atoms with van der Waals surface area (Å²) in [6.07, 6.45) is 1.61. The van der Waals surface area contributed by atoms with Crippen molar-refractivity contribution in [3.8, 4) is 0 Å². The standard InChI is InChI=1S/C16H22Cl2N2O.ClH/c1-11(7-12-3-4-13(17)8-14(12)18)15(21)20-6-5-16(2,9-19)10-20;/h3-4,8,11H,5-7,9-10,19H2,1-2H3;1H. The zero-order chi connectivity index (χ0) is 15.6. The first-order chi connectivity index (χ1) is 9.84. The number of hydrogen-bond acceptors (Lipinski definition) is 2. The van der Waals surface area contributed by atoms with Crippen LogP contribution in [0.25, 0.3) is 0 Å². The number of carbonyl (C=O) groups excluding carboxylic acids is 1. The summed E-state index contributed by atoms with van der Waals surface area (Å²) in [6.45, 7) is 6.26. The Labute approximate surface area is 148 Å². The maximum Gasteiger partial charge on any atom is 0.225 e. The number of rotatable bonds is 4. The lowest BCUT2D eigenvalue weighted by atomic mass is 9.90. The molecule has 0 aromatic heterocycles. The molecule has 0 saturated carbocycles. The quantitative estimate of drug-likeness (QED) is 0.882. The number of benzene rings is 1.